The fraction of sp³-hybridized carbons (Fsp3) is 0.880. The molecule has 0 aromatic heterocycles. The van der Waals surface area contributed by atoms with E-state index >= 15 is 0 Å². The molecular formula is C25H34O2. The van der Waals surface area contributed by atoms with E-state index in [0.717, 1.165) is 42.4 Å². The first-order chi connectivity index (χ1) is 12.9. The zero-order valence-electron chi connectivity index (χ0n) is 16.8. The maximum Gasteiger partial charge on any atom is 0.135 e. The number of fused-ring (bicyclic) bond motifs is 12. The molecule has 2 heteroatoms. The molecular weight excluding hydrogens is 332 g/mol. The number of carbonyl (C=O) groups is 1. The van der Waals surface area contributed by atoms with Crippen LogP contribution in [0.25, 0.3) is 0 Å². The van der Waals surface area contributed by atoms with E-state index in [4.69, 9.17) is 0 Å². The van der Waals surface area contributed by atoms with Crippen LogP contribution >= 0.6 is 0 Å². The van der Waals surface area contributed by atoms with E-state index in [9.17, 15) is 9.90 Å². The van der Waals surface area contributed by atoms with Crippen molar-refractivity contribution in [2.75, 3.05) is 0 Å². The second-order valence-electron chi connectivity index (χ2n) is 12.2. The van der Waals surface area contributed by atoms with Gasteiger partial charge in [0.1, 0.15) is 5.78 Å². The van der Waals surface area contributed by atoms with Crippen LogP contribution in [0.2, 0.25) is 0 Å². The Balaban J connectivity index is 1.30. The number of ketones is 1. The van der Waals surface area contributed by atoms with Crippen molar-refractivity contribution in [3.63, 3.8) is 0 Å². The Bertz CT molecular complexity index is 770. The first-order valence-electron chi connectivity index (χ1n) is 11.8. The highest BCUT2D eigenvalue weighted by Gasteiger charge is 2.79. The van der Waals surface area contributed by atoms with Gasteiger partial charge in [0.15, 0.2) is 0 Å². The van der Waals surface area contributed by atoms with Gasteiger partial charge in [-0.15, -0.1) is 0 Å². The minimum absolute atomic E-state index is 0.324. The van der Waals surface area contributed by atoms with Crippen molar-refractivity contribution in [2.24, 2.45) is 58.2 Å². The molecule has 4 unspecified atom stereocenters. The van der Waals surface area contributed by atoms with Crippen molar-refractivity contribution in [1.29, 1.82) is 0 Å². The predicted molar refractivity (Wildman–Crippen MR) is 104 cm³/mol. The summed E-state index contributed by atoms with van der Waals surface area (Å²) in [5, 5.41) is 11.6. The van der Waals surface area contributed by atoms with E-state index < -0.39 is 5.60 Å². The average Bonchev–Trinajstić information content (AvgIpc) is 3.51. The van der Waals surface area contributed by atoms with Crippen LogP contribution in [0.5, 0.6) is 0 Å². The second-order valence-corrected chi connectivity index (χ2v) is 12.2. The van der Waals surface area contributed by atoms with E-state index in [1.54, 1.807) is 0 Å². The molecule has 0 aromatic carbocycles. The Morgan fingerprint density at radius 1 is 0.963 bits per heavy atom. The number of allylic oxidation sites excluding steroid dienone is 1. The van der Waals surface area contributed by atoms with Gasteiger partial charge < -0.3 is 5.11 Å². The zero-order valence-corrected chi connectivity index (χ0v) is 16.8. The Kier molecular flexibility index (Phi) is 2.75. The predicted octanol–water partition coefficient (Wildman–Crippen LogP) is 4.76. The summed E-state index contributed by atoms with van der Waals surface area (Å²) in [6.45, 7) is 7.09. The molecule has 7 saturated carbocycles. The molecule has 7 aliphatic carbocycles. The monoisotopic (exact) mass is 366 g/mol. The Morgan fingerprint density at radius 3 is 2.56 bits per heavy atom. The summed E-state index contributed by atoms with van der Waals surface area (Å²) < 4.78 is 0. The van der Waals surface area contributed by atoms with Gasteiger partial charge in [-0.3, -0.25) is 4.79 Å². The van der Waals surface area contributed by atoms with Crippen molar-refractivity contribution < 1.29 is 9.90 Å². The summed E-state index contributed by atoms with van der Waals surface area (Å²) in [6.07, 6.45) is 11.6. The van der Waals surface area contributed by atoms with E-state index in [1.165, 1.54) is 50.5 Å². The fourth-order valence-electron chi connectivity index (χ4n) is 10.7. The summed E-state index contributed by atoms with van der Waals surface area (Å²) in [4.78, 5) is 12.2. The van der Waals surface area contributed by atoms with Crippen molar-refractivity contribution in [3.8, 4) is 0 Å². The number of carbonyl (C=O) groups excluding carboxylic acids is 1. The lowest BCUT2D eigenvalue weighted by molar-refractivity contribution is -0.175. The molecule has 146 valence electrons. The molecule has 0 radical (unpaired) electrons. The average molecular weight is 367 g/mol. The minimum Gasteiger partial charge on any atom is -0.389 e. The molecule has 0 amide bonds. The molecule has 7 aliphatic rings. The number of Topliss-reactive ketones (excluding diaryl/α,β-unsaturated/α-hetero) is 1. The normalized spacial score (nSPS) is 65.3. The first kappa shape index (κ1) is 16.2. The van der Waals surface area contributed by atoms with Gasteiger partial charge >= 0.3 is 0 Å². The summed E-state index contributed by atoms with van der Waals surface area (Å²) in [5.41, 5.74) is 1.99. The van der Waals surface area contributed by atoms with Crippen molar-refractivity contribution in [1.82, 2.24) is 0 Å². The van der Waals surface area contributed by atoms with Crippen LogP contribution in [0.3, 0.4) is 0 Å². The maximum absolute atomic E-state index is 12.2. The van der Waals surface area contributed by atoms with Crippen LogP contribution in [0.15, 0.2) is 12.2 Å². The SMILES string of the molecule is C=C1CC[C@]2(C1)[C@H]1C[C@H]1C1C3C(CC[C@@]12C)C1CCC(=O)C[C@@]1(O)[C@@H]1C[C@H]31. The van der Waals surface area contributed by atoms with Crippen LogP contribution in [0, 0.1) is 58.2 Å². The summed E-state index contributed by atoms with van der Waals surface area (Å²) in [7, 11) is 0. The van der Waals surface area contributed by atoms with Crippen molar-refractivity contribution >= 4 is 5.78 Å². The molecule has 7 rings (SSSR count). The van der Waals surface area contributed by atoms with E-state index in [2.05, 4.69) is 13.5 Å². The van der Waals surface area contributed by atoms with Gasteiger partial charge in [0.25, 0.3) is 0 Å². The van der Waals surface area contributed by atoms with E-state index in [1.807, 2.05) is 0 Å². The van der Waals surface area contributed by atoms with Gasteiger partial charge in [-0.2, -0.15) is 0 Å². The Labute approximate surface area is 163 Å². The molecule has 0 aliphatic heterocycles. The highest BCUT2D eigenvalue weighted by molar-refractivity contribution is 5.80. The summed E-state index contributed by atoms with van der Waals surface area (Å²) >= 11 is 0. The first-order valence-corrected chi connectivity index (χ1v) is 11.8. The molecule has 0 heterocycles. The summed E-state index contributed by atoms with van der Waals surface area (Å²) in [5.74, 6) is 6.34. The van der Waals surface area contributed by atoms with Gasteiger partial charge in [-0.05, 0) is 110 Å². The van der Waals surface area contributed by atoms with Gasteiger partial charge in [-0.25, -0.2) is 0 Å². The number of rotatable bonds is 0. The molecule has 0 saturated heterocycles. The number of hydrogen-bond donors (Lipinski definition) is 1. The van der Waals surface area contributed by atoms with Crippen LogP contribution in [-0.2, 0) is 4.79 Å². The largest absolute Gasteiger partial charge is 0.389 e. The molecule has 1 N–H and O–H groups in total. The third-order valence-electron chi connectivity index (χ3n) is 11.6. The van der Waals surface area contributed by atoms with Gasteiger partial charge in [0, 0.05) is 12.8 Å². The lowest BCUT2D eigenvalue weighted by Crippen LogP contribution is -2.59. The topological polar surface area (TPSA) is 37.3 Å². The molecule has 27 heavy (non-hydrogen) atoms. The van der Waals surface area contributed by atoms with Crippen LogP contribution in [0.4, 0.5) is 0 Å². The number of aliphatic hydroxyl groups is 1. The number of hydrogen-bond acceptors (Lipinski definition) is 2. The van der Waals surface area contributed by atoms with E-state index in [-0.39, 0.29) is 0 Å². The van der Waals surface area contributed by atoms with Gasteiger partial charge in [0.05, 0.1) is 5.60 Å². The Morgan fingerprint density at radius 2 is 1.78 bits per heavy atom. The second kappa shape index (κ2) is 4.58. The van der Waals surface area contributed by atoms with Crippen molar-refractivity contribution in [2.45, 2.75) is 76.7 Å². The minimum atomic E-state index is -0.629. The van der Waals surface area contributed by atoms with Gasteiger partial charge in [0.2, 0.25) is 0 Å². The molecule has 1 spiro atoms. The molecule has 11 atom stereocenters. The summed E-state index contributed by atoms with van der Waals surface area (Å²) in [6, 6.07) is 0. The lowest BCUT2D eigenvalue weighted by atomic mass is 9.45. The quantitative estimate of drug-likeness (QED) is 0.628. The third-order valence-corrected chi connectivity index (χ3v) is 11.6. The molecule has 0 bridgehead atoms. The smallest absolute Gasteiger partial charge is 0.135 e. The molecule has 7 fully saturated rings. The highest BCUT2D eigenvalue weighted by atomic mass is 16.3. The molecule has 2 nitrogen and oxygen atoms in total. The van der Waals surface area contributed by atoms with Gasteiger partial charge in [-0.1, -0.05) is 19.1 Å². The zero-order chi connectivity index (χ0) is 18.3. The van der Waals surface area contributed by atoms with Crippen LogP contribution < -0.4 is 0 Å². The van der Waals surface area contributed by atoms with Crippen molar-refractivity contribution in [3.05, 3.63) is 12.2 Å². The molecule has 0 aromatic rings. The lowest BCUT2D eigenvalue weighted by Gasteiger charge is -2.60. The van der Waals surface area contributed by atoms with E-state index in [0.29, 0.717) is 40.8 Å². The van der Waals surface area contributed by atoms with Crippen LogP contribution in [0.1, 0.15) is 71.1 Å². The standard InChI is InChI=1S/C25H34O2/c1-13-5-8-24(11-13)19-10-17(19)22-21-15(6-7-23(22,24)2)18-4-3-14(26)12-25(18,27)20-9-16(20)21/h15-22,27H,1,3-12H2,2H3/t15?,16-,17+,18?,19-,20+,21?,22?,23-,24-,25-/m0/s1. The van der Waals surface area contributed by atoms with Crippen LogP contribution in [-0.4, -0.2) is 16.5 Å². The Hall–Kier alpha value is -0.630. The fourth-order valence-corrected chi connectivity index (χ4v) is 10.7. The third kappa shape index (κ3) is 1.66. The highest BCUT2D eigenvalue weighted by Crippen LogP contribution is 2.84. The maximum atomic E-state index is 12.2.